The van der Waals surface area contributed by atoms with Crippen molar-refractivity contribution in [1.82, 2.24) is 4.90 Å². The first kappa shape index (κ1) is 16.3. The van der Waals surface area contributed by atoms with Gasteiger partial charge in [0.25, 0.3) is 0 Å². The average molecular weight is 282 g/mol. The normalized spacial score (nSPS) is 32.5. The van der Waals surface area contributed by atoms with Crippen LogP contribution < -0.4 is 5.73 Å². The van der Waals surface area contributed by atoms with Crippen molar-refractivity contribution in [3.8, 4) is 0 Å². The van der Waals surface area contributed by atoms with Crippen molar-refractivity contribution in [3.05, 3.63) is 0 Å². The standard InChI is InChI=1S/C17H34N2O/c1-4-5-14-6-9-16(18)17(12-14)19(10-11-20-3)13(2)15-7-8-15/h13-17H,4-12,18H2,1-3H3. The molecule has 0 amide bonds. The van der Waals surface area contributed by atoms with Gasteiger partial charge in [-0.1, -0.05) is 19.8 Å². The van der Waals surface area contributed by atoms with Crippen LogP contribution in [0, 0.1) is 11.8 Å². The van der Waals surface area contributed by atoms with Crippen molar-refractivity contribution in [2.24, 2.45) is 17.6 Å². The number of rotatable bonds is 8. The quantitative estimate of drug-likeness (QED) is 0.743. The zero-order valence-corrected chi connectivity index (χ0v) is 13.7. The average Bonchev–Trinajstić information content (AvgIpc) is 3.27. The number of hydrogen-bond acceptors (Lipinski definition) is 3. The summed E-state index contributed by atoms with van der Waals surface area (Å²) in [6.45, 7) is 6.59. The van der Waals surface area contributed by atoms with E-state index in [9.17, 15) is 0 Å². The Morgan fingerprint density at radius 2 is 2.00 bits per heavy atom. The number of methoxy groups -OCH3 is 1. The Kier molecular flexibility index (Phi) is 6.31. The molecule has 3 heteroatoms. The van der Waals surface area contributed by atoms with Crippen LogP contribution in [-0.2, 0) is 4.74 Å². The maximum Gasteiger partial charge on any atom is 0.0589 e. The van der Waals surface area contributed by atoms with Crippen LogP contribution in [0.25, 0.3) is 0 Å². The predicted octanol–water partition coefficient (Wildman–Crippen LogP) is 3.03. The minimum Gasteiger partial charge on any atom is -0.383 e. The molecule has 2 N–H and O–H groups in total. The molecular formula is C17H34N2O. The van der Waals surface area contributed by atoms with Crippen LogP contribution in [0.2, 0.25) is 0 Å². The third kappa shape index (κ3) is 4.19. The molecule has 0 aliphatic heterocycles. The van der Waals surface area contributed by atoms with Crippen molar-refractivity contribution in [3.63, 3.8) is 0 Å². The number of hydrogen-bond donors (Lipinski definition) is 1. The molecule has 0 aromatic carbocycles. The Bertz CT molecular complexity index is 280. The van der Waals surface area contributed by atoms with Crippen LogP contribution in [0.3, 0.4) is 0 Å². The van der Waals surface area contributed by atoms with Gasteiger partial charge in [-0.3, -0.25) is 4.90 Å². The van der Waals surface area contributed by atoms with Crippen molar-refractivity contribution >= 4 is 0 Å². The largest absolute Gasteiger partial charge is 0.383 e. The molecule has 3 nitrogen and oxygen atoms in total. The second kappa shape index (κ2) is 7.77. The van der Waals surface area contributed by atoms with Crippen LogP contribution in [0.1, 0.15) is 58.8 Å². The number of nitrogens with zero attached hydrogens (tertiary/aromatic N) is 1. The molecule has 118 valence electrons. The molecule has 0 saturated heterocycles. The molecule has 0 bridgehead atoms. The van der Waals surface area contributed by atoms with Crippen LogP contribution in [0.4, 0.5) is 0 Å². The molecule has 0 aromatic rings. The van der Waals surface area contributed by atoms with Gasteiger partial charge in [0.2, 0.25) is 0 Å². The highest BCUT2D eigenvalue weighted by Gasteiger charge is 2.39. The zero-order chi connectivity index (χ0) is 14.5. The third-order valence-electron chi connectivity index (χ3n) is 5.48. The summed E-state index contributed by atoms with van der Waals surface area (Å²) in [6, 6.07) is 1.62. The lowest BCUT2D eigenvalue weighted by atomic mass is 9.79. The molecule has 0 aromatic heterocycles. The van der Waals surface area contributed by atoms with Gasteiger partial charge < -0.3 is 10.5 Å². The maximum atomic E-state index is 6.49. The second-order valence-electron chi connectivity index (χ2n) is 7.01. The van der Waals surface area contributed by atoms with E-state index in [1.54, 1.807) is 7.11 Å². The molecule has 2 saturated carbocycles. The monoisotopic (exact) mass is 282 g/mol. The first-order valence-electron chi connectivity index (χ1n) is 8.67. The molecule has 20 heavy (non-hydrogen) atoms. The smallest absolute Gasteiger partial charge is 0.0589 e. The van der Waals surface area contributed by atoms with Crippen molar-refractivity contribution in [2.45, 2.75) is 76.9 Å². The first-order chi connectivity index (χ1) is 9.67. The van der Waals surface area contributed by atoms with E-state index in [2.05, 4.69) is 18.7 Å². The van der Waals surface area contributed by atoms with E-state index >= 15 is 0 Å². The van der Waals surface area contributed by atoms with Gasteiger partial charge >= 0.3 is 0 Å². The van der Waals surface area contributed by atoms with Gasteiger partial charge in [-0.05, 0) is 50.9 Å². The van der Waals surface area contributed by atoms with Crippen molar-refractivity contribution in [2.75, 3.05) is 20.3 Å². The molecule has 4 unspecified atom stereocenters. The summed E-state index contributed by atoms with van der Waals surface area (Å²) in [6.07, 6.45) is 9.34. The lowest BCUT2D eigenvalue weighted by Crippen LogP contribution is -2.55. The minimum absolute atomic E-state index is 0.362. The van der Waals surface area contributed by atoms with E-state index in [0.29, 0.717) is 18.1 Å². The molecule has 2 fully saturated rings. The Morgan fingerprint density at radius 3 is 2.60 bits per heavy atom. The number of nitrogens with two attached hydrogens (primary N) is 1. The van der Waals surface area contributed by atoms with E-state index in [1.165, 1.54) is 44.9 Å². The lowest BCUT2D eigenvalue weighted by molar-refractivity contribution is 0.0417. The Hall–Kier alpha value is -0.120. The summed E-state index contributed by atoms with van der Waals surface area (Å²) in [4.78, 5) is 2.69. The highest BCUT2D eigenvalue weighted by Crippen LogP contribution is 2.38. The van der Waals surface area contributed by atoms with Gasteiger partial charge in [-0.15, -0.1) is 0 Å². The second-order valence-corrected chi connectivity index (χ2v) is 7.01. The zero-order valence-electron chi connectivity index (χ0n) is 13.7. The maximum absolute atomic E-state index is 6.49. The third-order valence-corrected chi connectivity index (χ3v) is 5.48. The first-order valence-corrected chi connectivity index (χ1v) is 8.67. The predicted molar refractivity (Wildman–Crippen MR) is 84.8 cm³/mol. The van der Waals surface area contributed by atoms with Gasteiger partial charge in [0.05, 0.1) is 6.61 Å². The van der Waals surface area contributed by atoms with Gasteiger partial charge in [0, 0.05) is 31.8 Å². The van der Waals surface area contributed by atoms with Gasteiger partial charge in [-0.2, -0.15) is 0 Å². The highest BCUT2D eigenvalue weighted by atomic mass is 16.5. The van der Waals surface area contributed by atoms with Crippen molar-refractivity contribution in [1.29, 1.82) is 0 Å². The van der Waals surface area contributed by atoms with Crippen LogP contribution >= 0.6 is 0 Å². The molecule has 2 aliphatic rings. The Balaban J connectivity index is 1.99. The lowest BCUT2D eigenvalue weighted by Gasteiger charge is -2.44. The SMILES string of the molecule is CCCC1CCC(N)C(N(CCOC)C(C)C2CC2)C1. The molecule has 4 atom stereocenters. The molecule has 0 radical (unpaired) electrons. The van der Waals surface area contributed by atoms with Crippen LogP contribution in [-0.4, -0.2) is 43.3 Å². The Morgan fingerprint density at radius 1 is 1.25 bits per heavy atom. The fourth-order valence-electron chi connectivity index (χ4n) is 4.02. The van der Waals surface area contributed by atoms with E-state index in [4.69, 9.17) is 10.5 Å². The van der Waals surface area contributed by atoms with Crippen LogP contribution in [0.5, 0.6) is 0 Å². The number of ether oxygens (including phenoxy) is 1. The van der Waals surface area contributed by atoms with E-state index in [0.717, 1.165) is 25.0 Å². The Labute approximate surface area is 125 Å². The molecule has 2 aliphatic carbocycles. The summed E-state index contributed by atoms with van der Waals surface area (Å²) < 4.78 is 5.34. The summed E-state index contributed by atoms with van der Waals surface area (Å²) in [5.74, 6) is 1.80. The van der Waals surface area contributed by atoms with E-state index < -0.39 is 0 Å². The highest BCUT2D eigenvalue weighted by molar-refractivity contribution is 4.95. The molecule has 0 heterocycles. The fourth-order valence-corrected chi connectivity index (χ4v) is 4.02. The topological polar surface area (TPSA) is 38.5 Å². The summed E-state index contributed by atoms with van der Waals surface area (Å²) >= 11 is 0. The summed E-state index contributed by atoms with van der Waals surface area (Å²) in [7, 11) is 1.81. The van der Waals surface area contributed by atoms with E-state index in [1.807, 2.05) is 0 Å². The van der Waals surface area contributed by atoms with Crippen molar-refractivity contribution < 1.29 is 4.74 Å². The van der Waals surface area contributed by atoms with Gasteiger partial charge in [0.15, 0.2) is 0 Å². The van der Waals surface area contributed by atoms with Gasteiger partial charge in [0.1, 0.15) is 0 Å². The summed E-state index contributed by atoms with van der Waals surface area (Å²) in [5.41, 5.74) is 6.49. The van der Waals surface area contributed by atoms with Gasteiger partial charge in [-0.25, -0.2) is 0 Å². The molecule has 0 spiro atoms. The molecule has 2 rings (SSSR count). The van der Waals surface area contributed by atoms with Crippen LogP contribution in [0.15, 0.2) is 0 Å². The fraction of sp³-hybridized carbons (Fsp3) is 1.00. The minimum atomic E-state index is 0.362. The van der Waals surface area contributed by atoms with E-state index in [-0.39, 0.29) is 0 Å². The summed E-state index contributed by atoms with van der Waals surface area (Å²) in [5, 5.41) is 0. The molecular weight excluding hydrogens is 248 g/mol.